The number of ether oxygens (including phenoxy) is 2. The van der Waals surface area contributed by atoms with Crippen molar-refractivity contribution >= 4 is 17.3 Å². The second-order valence-corrected chi connectivity index (χ2v) is 3.18. The van der Waals surface area contributed by atoms with Gasteiger partial charge in [-0.3, -0.25) is 10.1 Å². The normalized spacial score (nSPS) is 11.2. The molecule has 0 saturated carbocycles. The van der Waals surface area contributed by atoms with Crippen molar-refractivity contribution in [2.24, 2.45) is 0 Å². The number of rotatable bonds is 4. The van der Waals surface area contributed by atoms with Gasteiger partial charge in [0.05, 0.1) is 23.5 Å². The average Bonchev–Trinajstić information content (AvgIpc) is 2.25. The van der Waals surface area contributed by atoms with Crippen LogP contribution in [0, 0.1) is 10.1 Å². The van der Waals surface area contributed by atoms with Gasteiger partial charge >= 0.3 is 12.0 Å². The Balaban J connectivity index is 3.45. The maximum Gasteiger partial charge on any atom is 0.573 e. The maximum atomic E-state index is 12.2. The van der Waals surface area contributed by atoms with Crippen molar-refractivity contribution in [3.8, 4) is 11.6 Å². The van der Waals surface area contributed by atoms with Gasteiger partial charge in [0.2, 0.25) is 0 Å². The zero-order valence-electron chi connectivity index (χ0n) is 8.82. The second kappa shape index (κ2) is 5.25. The van der Waals surface area contributed by atoms with Crippen molar-refractivity contribution in [1.29, 1.82) is 0 Å². The van der Waals surface area contributed by atoms with Crippen LogP contribution in [0.25, 0.3) is 0 Å². The van der Waals surface area contributed by atoms with Gasteiger partial charge in [-0.15, -0.1) is 24.8 Å². The van der Waals surface area contributed by atoms with Crippen molar-refractivity contribution < 1.29 is 27.6 Å². The Labute approximate surface area is 103 Å². The van der Waals surface area contributed by atoms with E-state index in [4.69, 9.17) is 11.6 Å². The van der Waals surface area contributed by atoms with Gasteiger partial charge in [-0.1, -0.05) is 0 Å². The third-order valence-electron chi connectivity index (χ3n) is 1.79. The SMILES string of the molecule is COc1ncc(CCl)c([N+](=O)[O-])c1OC(F)(F)F. The summed E-state index contributed by atoms with van der Waals surface area (Å²) in [6, 6.07) is 0. The van der Waals surface area contributed by atoms with Crippen LogP contribution in [0.5, 0.6) is 11.6 Å². The fraction of sp³-hybridized carbons (Fsp3) is 0.375. The molecule has 0 aromatic carbocycles. The molecule has 0 amide bonds. The Morgan fingerprint density at radius 2 is 2.17 bits per heavy atom. The molecule has 0 unspecified atom stereocenters. The molecule has 1 heterocycles. The number of nitro groups is 1. The standard InChI is InChI=1S/C8H6ClF3N2O4/c1-17-7-6(18-8(10,11)12)5(14(15)16)4(2-9)3-13-7/h3H,2H2,1H3. The Kier molecular flexibility index (Phi) is 4.17. The summed E-state index contributed by atoms with van der Waals surface area (Å²) in [7, 11) is 1.01. The number of hydrogen-bond acceptors (Lipinski definition) is 5. The van der Waals surface area contributed by atoms with Crippen LogP contribution in [0.1, 0.15) is 5.56 Å². The highest BCUT2D eigenvalue weighted by atomic mass is 35.5. The number of hydrogen-bond donors (Lipinski definition) is 0. The lowest BCUT2D eigenvalue weighted by atomic mass is 10.2. The number of methoxy groups -OCH3 is 1. The van der Waals surface area contributed by atoms with E-state index < -0.39 is 28.6 Å². The van der Waals surface area contributed by atoms with E-state index in [1.54, 1.807) is 0 Å². The van der Waals surface area contributed by atoms with Gasteiger partial charge in [0.1, 0.15) is 0 Å². The zero-order chi connectivity index (χ0) is 13.9. The highest BCUT2D eigenvalue weighted by Crippen LogP contribution is 2.41. The van der Waals surface area contributed by atoms with Crippen molar-refractivity contribution in [3.63, 3.8) is 0 Å². The molecule has 0 radical (unpaired) electrons. The van der Waals surface area contributed by atoms with Crippen molar-refractivity contribution in [3.05, 3.63) is 21.9 Å². The topological polar surface area (TPSA) is 74.5 Å². The van der Waals surface area contributed by atoms with Gasteiger partial charge in [0.25, 0.3) is 11.6 Å². The highest BCUT2D eigenvalue weighted by molar-refractivity contribution is 6.17. The van der Waals surface area contributed by atoms with E-state index >= 15 is 0 Å². The number of halogens is 4. The van der Waals surface area contributed by atoms with Crippen LogP contribution in [0.15, 0.2) is 6.20 Å². The van der Waals surface area contributed by atoms with Crippen LogP contribution < -0.4 is 9.47 Å². The molecule has 1 rings (SSSR count). The number of aromatic nitrogens is 1. The minimum atomic E-state index is -5.11. The Hall–Kier alpha value is -1.77. The van der Waals surface area contributed by atoms with E-state index in [1.165, 1.54) is 0 Å². The molecular weight excluding hydrogens is 281 g/mol. The molecule has 0 N–H and O–H groups in total. The van der Waals surface area contributed by atoms with Gasteiger partial charge < -0.3 is 9.47 Å². The van der Waals surface area contributed by atoms with Gasteiger partial charge in [0, 0.05) is 6.20 Å². The molecule has 0 saturated heterocycles. The molecule has 10 heteroatoms. The minimum Gasteiger partial charge on any atom is -0.478 e. The molecule has 18 heavy (non-hydrogen) atoms. The Morgan fingerprint density at radius 1 is 1.56 bits per heavy atom. The van der Waals surface area contributed by atoms with Crippen LogP contribution in [-0.4, -0.2) is 23.4 Å². The monoisotopic (exact) mass is 286 g/mol. The number of pyridine rings is 1. The molecule has 1 aromatic rings. The lowest BCUT2D eigenvalue weighted by Crippen LogP contribution is -2.19. The lowest BCUT2D eigenvalue weighted by Gasteiger charge is -2.12. The average molecular weight is 287 g/mol. The molecule has 100 valence electrons. The van der Waals surface area contributed by atoms with Crippen LogP contribution in [0.4, 0.5) is 18.9 Å². The van der Waals surface area contributed by atoms with E-state index in [0.717, 1.165) is 13.3 Å². The quantitative estimate of drug-likeness (QED) is 0.483. The summed E-state index contributed by atoms with van der Waals surface area (Å²) < 4.78 is 44.6. The summed E-state index contributed by atoms with van der Waals surface area (Å²) in [4.78, 5) is 13.2. The molecule has 0 aliphatic heterocycles. The van der Waals surface area contributed by atoms with Crippen molar-refractivity contribution in [2.45, 2.75) is 12.2 Å². The number of nitrogens with zero attached hydrogens (tertiary/aromatic N) is 2. The smallest absolute Gasteiger partial charge is 0.478 e. The van der Waals surface area contributed by atoms with Gasteiger partial charge in [0.15, 0.2) is 0 Å². The van der Waals surface area contributed by atoms with E-state index in [2.05, 4.69) is 14.5 Å². The second-order valence-electron chi connectivity index (χ2n) is 2.91. The first-order valence-corrected chi connectivity index (χ1v) is 4.85. The summed E-state index contributed by atoms with van der Waals surface area (Å²) in [5.41, 5.74) is -1.13. The van der Waals surface area contributed by atoms with Crippen LogP contribution in [0.3, 0.4) is 0 Å². The van der Waals surface area contributed by atoms with Gasteiger partial charge in [-0.05, 0) is 0 Å². The fourth-order valence-corrected chi connectivity index (χ4v) is 1.35. The molecule has 0 fully saturated rings. The first kappa shape index (κ1) is 14.3. The zero-order valence-corrected chi connectivity index (χ0v) is 9.58. The summed E-state index contributed by atoms with van der Waals surface area (Å²) in [5, 5.41) is 10.8. The molecule has 0 bridgehead atoms. The van der Waals surface area contributed by atoms with E-state index in [1.807, 2.05) is 0 Å². The Bertz CT molecular complexity index is 466. The molecule has 0 aliphatic rings. The molecule has 1 aromatic heterocycles. The van der Waals surface area contributed by atoms with Crippen LogP contribution in [0.2, 0.25) is 0 Å². The van der Waals surface area contributed by atoms with E-state index in [-0.39, 0.29) is 11.4 Å². The molecule has 0 spiro atoms. The highest BCUT2D eigenvalue weighted by Gasteiger charge is 2.38. The summed E-state index contributed by atoms with van der Waals surface area (Å²) >= 11 is 5.39. The third kappa shape index (κ3) is 3.13. The van der Waals surface area contributed by atoms with E-state index in [9.17, 15) is 23.3 Å². The Morgan fingerprint density at radius 3 is 2.56 bits per heavy atom. The summed E-state index contributed by atoms with van der Waals surface area (Å²) in [6.45, 7) is 0. The first-order chi connectivity index (χ1) is 8.30. The minimum absolute atomic E-state index is 0.207. The van der Waals surface area contributed by atoms with Crippen LogP contribution >= 0.6 is 11.6 Å². The van der Waals surface area contributed by atoms with Gasteiger partial charge in [-0.2, -0.15) is 0 Å². The van der Waals surface area contributed by atoms with Crippen LogP contribution in [-0.2, 0) is 5.88 Å². The first-order valence-electron chi connectivity index (χ1n) is 4.32. The summed E-state index contributed by atoms with van der Waals surface area (Å²) in [6.07, 6.45) is -4.15. The predicted molar refractivity (Wildman–Crippen MR) is 53.7 cm³/mol. The largest absolute Gasteiger partial charge is 0.573 e. The van der Waals surface area contributed by atoms with Gasteiger partial charge in [-0.25, -0.2) is 4.98 Å². The molecular formula is C8H6ClF3N2O4. The molecule has 0 aliphatic carbocycles. The molecule has 6 nitrogen and oxygen atoms in total. The predicted octanol–water partition coefficient (Wildman–Crippen LogP) is 2.64. The maximum absolute atomic E-state index is 12.2. The third-order valence-corrected chi connectivity index (χ3v) is 2.08. The van der Waals surface area contributed by atoms with Crippen molar-refractivity contribution in [2.75, 3.05) is 7.11 Å². The fourth-order valence-electron chi connectivity index (χ4n) is 1.15. The van der Waals surface area contributed by atoms with E-state index in [0.29, 0.717) is 0 Å². The lowest BCUT2D eigenvalue weighted by molar-refractivity contribution is -0.389. The summed E-state index contributed by atoms with van der Waals surface area (Å²) in [5.74, 6) is -2.15. The number of alkyl halides is 4. The molecule has 0 atom stereocenters. The van der Waals surface area contributed by atoms with Crippen molar-refractivity contribution in [1.82, 2.24) is 4.98 Å².